The number of piperazine rings is 1. The van der Waals surface area contributed by atoms with Crippen LogP contribution in [-0.2, 0) is 13.2 Å². The zero-order valence-electron chi connectivity index (χ0n) is 18.8. The number of hydrogen-bond donors (Lipinski definition) is 0. The molecule has 3 aromatic rings. The second kappa shape index (κ2) is 10.3. The molecule has 3 aromatic carbocycles. The van der Waals surface area contributed by atoms with Crippen LogP contribution < -0.4 is 9.47 Å². The van der Waals surface area contributed by atoms with Crippen LogP contribution in [0.5, 0.6) is 11.5 Å². The van der Waals surface area contributed by atoms with Crippen LogP contribution in [0.4, 0.5) is 0 Å². The fourth-order valence-electron chi connectivity index (χ4n) is 3.95. The van der Waals surface area contributed by atoms with Crippen LogP contribution in [0, 0.1) is 6.92 Å². The monoisotopic (exact) mass is 430 g/mol. The standard InChI is InChI=1S/C27H30N2O3/c1-21-8-11-25(12-9-21)32-20-24-18-23(10-13-26(24)31-2)27(30)29-16-14-28(15-17-29)19-22-6-4-3-5-7-22/h3-13,18H,14-17,19-20H2,1-2H3. The summed E-state index contributed by atoms with van der Waals surface area (Å²) in [5.41, 5.74) is 4.03. The minimum atomic E-state index is 0.0589. The molecule has 5 heteroatoms. The highest BCUT2D eigenvalue weighted by Gasteiger charge is 2.23. The molecule has 5 nitrogen and oxygen atoms in total. The molecule has 0 bridgehead atoms. The van der Waals surface area contributed by atoms with E-state index in [9.17, 15) is 4.79 Å². The molecule has 0 N–H and O–H groups in total. The van der Waals surface area contributed by atoms with Gasteiger partial charge in [-0.15, -0.1) is 0 Å². The van der Waals surface area contributed by atoms with E-state index in [1.807, 2.05) is 60.4 Å². The quantitative estimate of drug-likeness (QED) is 0.552. The van der Waals surface area contributed by atoms with Crippen molar-refractivity contribution >= 4 is 5.91 Å². The van der Waals surface area contributed by atoms with Gasteiger partial charge >= 0.3 is 0 Å². The Bertz CT molecular complexity index is 1030. The molecule has 0 radical (unpaired) electrons. The maximum Gasteiger partial charge on any atom is 0.253 e. The third kappa shape index (κ3) is 5.48. The average Bonchev–Trinajstić information content (AvgIpc) is 2.84. The molecule has 1 aliphatic heterocycles. The summed E-state index contributed by atoms with van der Waals surface area (Å²) in [5, 5.41) is 0. The summed E-state index contributed by atoms with van der Waals surface area (Å²) in [6, 6.07) is 24.0. The Kier molecular flexibility index (Phi) is 7.07. The van der Waals surface area contributed by atoms with Gasteiger partial charge in [-0.1, -0.05) is 48.0 Å². The van der Waals surface area contributed by atoms with Gasteiger partial charge in [0, 0.05) is 43.9 Å². The Balaban J connectivity index is 1.38. The molecule has 0 atom stereocenters. The summed E-state index contributed by atoms with van der Waals surface area (Å²) in [6.07, 6.45) is 0. The van der Waals surface area contributed by atoms with Crippen molar-refractivity contribution in [2.45, 2.75) is 20.1 Å². The average molecular weight is 431 g/mol. The van der Waals surface area contributed by atoms with Crippen molar-refractivity contribution in [1.29, 1.82) is 0 Å². The second-order valence-corrected chi connectivity index (χ2v) is 8.18. The van der Waals surface area contributed by atoms with E-state index in [2.05, 4.69) is 29.2 Å². The van der Waals surface area contributed by atoms with Gasteiger partial charge in [-0.25, -0.2) is 0 Å². The normalized spacial score (nSPS) is 14.2. The molecule has 1 saturated heterocycles. The molecular weight excluding hydrogens is 400 g/mol. The van der Waals surface area contributed by atoms with Gasteiger partial charge < -0.3 is 14.4 Å². The first-order valence-corrected chi connectivity index (χ1v) is 11.0. The minimum Gasteiger partial charge on any atom is -0.496 e. The number of benzene rings is 3. The molecule has 32 heavy (non-hydrogen) atoms. The molecule has 4 rings (SSSR count). The minimum absolute atomic E-state index is 0.0589. The van der Waals surface area contributed by atoms with Gasteiger partial charge in [0.2, 0.25) is 0 Å². The van der Waals surface area contributed by atoms with Crippen molar-refractivity contribution in [3.05, 3.63) is 95.1 Å². The van der Waals surface area contributed by atoms with Crippen molar-refractivity contribution in [2.24, 2.45) is 0 Å². The summed E-state index contributed by atoms with van der Waals surface area (Å²) >= 11 is 0. The first-order chi connectivity index (χ1) is 15.6. The first kappa shape index (κ1) is 21.9. The number of carbonyl (C=O) groups is 1. The Morgan fingerprint density at radius 3 is 2.31 bits per heavy atom. The van der Waals surface area contributed by atoms with Crippen molar-refractivity contribution in [2.75, 3.05) is 33.3 Å². The highest BCUT2D eigenvalue weighted by atomic mass is 16.5. The van der Waals surface area contributed by atoms with Crippen LogP contribution in [0.15, 0.2) is 72.8 Å². The number of methoxy groups -OCH3 is 1. The molecule has 0 unspecified atom stereocenters. The summed E-state index contributed by atoms with van der Waals surface area (Å²) < 4.78 is 11.4. The van der Waals surface area contributed by atoms with Gasteiger partial charge in [0.25, 0.3) is 5.91 Å². The van der Waals surface area contributed by atoms with E-state index < -0.39 is 0 Å². The lowest BCUT2D eigenvalue weighted by molar-refractivity contribution is 0.0628. The first-order valence-electron chi connectivity index (χ1n) is 11.0. The number of hydrogen-bond acceptors (Lipinski definition) is 4. The van der Waals surface area contributed by atoms with Crippen LogP contribution in [0.3, 0.4) is 0 Å². The maximum absolute atomic E-state index is 13.2. The zero-order valence-corrected chi connectivity index (χ0v) is 18.8. The van der Waals surface area contributed by atoms with Crippen molar-refractivity contribution in [1.82, 2.24) is 9.80 Å². The lowest BCUT2D eigenvalue weighted by Gasteiger charge is -2.35. The van der Waals surface area contributed by atoms with Gasteiger partial charge in [-0.3, -0.25) is 9.69 Å². The summed E-state index contributed by atoms with van der Waals surface area (Å²) in [6.45, 7) is 6.52. The molecule has 166 valence electrons. The van der Waals surface area contributed by atoms with Gasteiger partial charge in [0.1, 0.15) is 18.1 Å². The van der Waals surface area contributed by atoms with E-state index in [1.165, 1.54) is 11.1 Å². The molecular formula is C27H30N2O3. The molecule has 1 heterocycles. The Morgan fingerprint density at radius 1 is 0.906 bits per heavy atom. The van der Waals surface area contributed by atoms with Crippen LogP contribution in [0.25, 0.3) is 0 Å². The molecule has 0 aromatic heterocycles. The Morgan fingerprint density at radius 2 is 1.62 bits per heavy atom. The van der Waals surface area contributed by atoms with Crippen LogP contribution >= 0.6 is 0 Å². The molecule has 0 aliphatic carbocycles. The van der Waals surface area contributed by atoms with Crippen LogP contribution in [-0.4, -0.2) is 49.0 Å². The van der Waals surface area contributed by atoms with Gasteiger partial charge in [-0.2, -0.15) is 0 Å². The SMILES string of the molecule is COc1ccc(C(=O)N2CCN(Cc3ccccc3)CC2)cc1COc1ccc(C)cc1. The van der Waals surface area contributed by atoms with Gasteiger partial charge in [-0.05, 0) is 42.8 Å². The van der Waals surface area contributed by atoms with Crippen LogP contribution in [0.2, 0.25) is 0 Å². The predicted molar refractivity (Wildman–Crippen MR) is 126 cm³/mol. The molecule has 1 amide bonds. The summed E-state index contributed by atoms with van der Waals surface area (Å²) in [5.74, 6) is 1.58. The maximum atomic E-state index is 13.2. The Hall–Kier alpha value is -3.31. The second-order valence-electron chi connectivity index (χ2n) is 8.18. The third-order valence-corrected chi connectivity index (χ3v) is 5.85. The van der Waals surface area contributed by atoms with E-state index in [4.69, 9.17) is 9.47 Å². The third-order valence-electron chi connectivity index (χ3n) is 5.85. The Labute approximate surface area is 190 Å². The number of ether oxygens (including phenoxy) is 2. The zero-order chi connectivity index (χ0) is 22.3. The number of rotatable bonds is 7. The highest BCUT2D eigenvalue weighted by Crippen LogP contribution is 2.24. The smallest absolute Gasteiger partial charge is 0.253 e. The fraction of sp³-hybridized carbons (Fsp3) is 0.296. The highest BCUT2D eigenvalue weighted by molar-refractivity contribution is 5.94. The lowest BCUT2D eigenvalue weighted by Crippen LogP contribution is -2.48. The van der Waals surface area contributed by atoms with Crippen LogP contribution in [0.1, 0.15) is 27.0 Å². The number of carbonyl (C=O) groups excluding carboxylic acids is 1. The molecule has 0 saturated carbocycles. The van der Waals surface area contributed by atoms with Gasteiger partial charge in [0.05, 0.1) is 7.11 Å². The number of nitrogens with zero attached hydrogens (tertiary/aromatic N) is 2. The van der Waals surface area contributed by atoms with E-state index in [-0.39, 0.29) is 5.91 Å². The lowest BCUT2D eigenvalue weighted by atomic mass is 10.1. The number of aryl methyl sites for hydroxylation is 1. The number of amides is 1. The summed E-state index contributed by atoms with van der Waals surface area (Å²) in [7, 11) is 1.64. The van der Waals surface area contributed by atoms with E-state index >= 15 is 0 Å². The van der Waals surface area contributed by atoms with Crippen molar-refractivity contribution in [3.8, 4) is 11.5 Å². The van der Waals surface area contributed by atoms with Gasteiger partial charge in [0.15, 0.2) is 0 Å². The van der Waals surface area contributed by atoms with Crippen molar-refractivity contribution in [3.63, 3.8) is 0 Å². The van der Waals surface area contributed by atoms with E-state index in [1.54, 1.807) is 7.11 Å². The van der Waals surface area contributed by atoms with E-state index in [0.29, 0.717) is 12.2 Å². The van der Waals surface area contributed by atoms with E-state index in [0.717, 1.165) is 49.8 Å². The predicted octanol–water partition coefficient (Wildman–Crippen LogP) is 4.54. The molecule has 0 spiro atoms. The fourth-order valence-corrected chi connectivity index (χ4v) is 3.95. The topological polar surface area (TPSA) is 42.0 Å². The molecule has 1 aliphatic rings. The molecule has 1 fully saturated rings. The largest absolute Gasteiger partial charge is 0.496 e. The summed E-state index contributed by atoms with van der Waals surface area (Å²) in [4.78, 5) is 17.5. The van der Waals surface area contributed by atoms with Crippen molar-refractivity contribution < 1.29 is 14.3 Å².